The number of nitrogens with one attached hydrogen (secondary N) is 1. The predicted molar refractivity (Wildman–Crippen MR) is 136 cm³/mol. The Morgan fingerprint density at radius 2 is 1.56 bits per heavy atom. The molecule has 1 amide bonds. The summed E-state index contributed by atoms with van der Waals surface area (Å²) in [6, 6.07) is 17.2. The highest BCUT2D eigenvalue weighted by Crippen LogP contribution is 2.32. The molecule has 6 nitrogen and oxygen atoms in total. The van der Waals surface area contributed by atoms with Gasteiger partial charge in [0, 0.05) is 0 Å². The Hall–Kier alpha value is -3.32. The first kappa shape index (κ1) is 25.3. The van der Waals surface area contributed by atoms with Gasteiger partial charge in [-0.05, 0) is 81.1 Å². The zero-order chi connectivity index (χ0) is 25.0. The topological polar surface area (TPSA) is 75.7 Å². The Kier molecular flexibility index (Phi) is 7.67. The van der Waals surface area contributed by atoms with Crippen molar-refractivity contribution in [3.05, 3.63) is 88.5 Å². The molecule has 0 aliphatic rings. The molecule has 0 aliphatic heterocycles. The van der Waals surface area contributed by atoms with Gasteiger partial charge in [-0.15, -0.1) is 0 Å². The third kappa shape index (κ3) is 5.42. The summed E-state index contributed by atoms with van der Waals surface area (Å²) >= 11 is 0. The van der Waals surface area contributed by atoms with Crippen LogP contribution in [0, 0.1) is 27.7 Å². The number of nitrogens with zero attached hydrogens (tertiary/aromatic N) is 1. The number of amides is 1. The van der Waals surface area contributed by atoms with E-state index in [4.69, 9.17) is 4.74 Å². The van der Waals surface area contributed by atoms with Gasteiger partial charge in [0.2, 0.25) is 5.91 Å². The maximum atomic E-state index is 13.6. The Balaban J connectivity index is 1.95. The maximum absolute atomic E-state index is 13.6. The molecular formula is C27H32N2O4S. The number of ether oxygens (including phenoxy) is 1. The van der Waals surface area contributed by atoms with Crippen LogP contribution >= 0.6 is 0 Å². The van der Waals surface area contributed by atoms with Crippen molar-refractivity contribution in [3.8, 4) is 5.75 Å². The van der Waals surface area contributed by atoms with Gasteiger partial charge in [-0.2, -0.15) is 0 Å². The third-order valence-corrected chi connectivity index (χ3v) is 7.75. The van der Waals surface area contributed by atoms with E-state index in [-0.39, 0.29) is 17.5 Å². The summed E-state index contributed by atoms with van der Waals surface area (Å²) in [5.74, 6) is -0.0456. The molecule has 0 unspecified atom stereocenters. The van der Waals surface area contributed by atoms with E-state index in [1.54, 1.807) is 48.5 Å². The first-order chi connectivity index (χ1) is 16.0. The second kappa shape index (κ2) is 10.3. The van der Waals surface area contributed by atoms with Gasteiger partial charge in [0.25, 0.3) is 10.0 Å². The SMILES string of the molecule is COc1ccccc1N(CC(=O)N[C@@H](C)c1cc(C)c(C)cc1C)S(=O)(=O)c1ccc(C)cc1. The van der Waals surface area contributed by atoms with E-state index < -0.39 is 15.9 Å². The average Bonchev–Trinajstić information content (AvgIpc) is 2.80. The highest BCUT2D eigenvalue weighted by atomic mass is 32.2. The molecular weight excluding hydrogens is 448 g/mol. The van der Waals surface area contributed by atoms with E-state index in [1.807, 2.05) is 27.7 Å². The van der Waals surface area contributed by atoms with Crippen molar-refractivity contribution < 1.29 is 17.9 Å². The molecule has 0 bridgehead atoms. The van der Waals surface area contributed by atoms with Crippen molar-refractivity contribution in [1.82, 2.24) is 5.32 Å². The fraction of sp³-hybridized carbons (Fsp3) is 0.296. The van der Waals surface area contributed by atoms with Crippen LogP contribution in [-0.4, -0.2) is 28.0 Å². The van der Waals surface area contributed by atoms with Crippen LogP contribution in [-0.2, 0) is 14.8 Å². The lowest BCUT2D eigenvalue weighted by atomic mass is 9.96. The molecule has 0 radical (unpaired) electrons. The van der Waals surface area contributed by atoms with Crippen LogP contribution in [0.1, 0.15) is 40.8 Å². The summed E-state index contributed by atoms with van der Waals surface area (Å²) in [6.07, 6.45) is 0. The fourth-order valence-corrected chi connectivity index (χ4v) is 5.35. The molecule has 1 atom stereocenters. The van der Waals surface area contributed by atoms with E-state index in [9.17, 15) is 13.2 Å². The van der Waals surface area contributed by atoms with Gasteiger partial charge in [0.1, 0.15) is 12.3 Å². The van der Waals surface area contributed by atoms with Gasteiger partial charge >= 0.3 is 0 Å². The fourth-order valence-electron chi connectivity index (χ4n) is 3.92. The molecule has 7 heteroatoms. The number of sulfonamides is 1. The minimum absolute atomic E-state index is 0.106. The Bertz CT molecular complexity index is 1280. The summed E-state index contributed by atoms with van der Waals surface area (Å²) < 4.78 is 33.8. The number of carbonyl (C=O) groups excluding carboxylic acids is 1. The van der Waals surface area contributed by atoms with E-state index >= 15 is 0 Å². The van der Waals surface area contributed by atoms with Crippen LogP contribution < -0.4 is 14.4 Å². The predicted octanol–water partition coefficient (Wildman–Crippen LogP) is 5.00. The number of carbonyl (C=O) groups is 1. The molecule has 0 saturated carbocycles. The Labute approximate surface area is 202 Å². The number of para-hydroxylation sites is 2. The van der Waals surface area contributed by atoms with E-state index in [2.05, 4.69) is 24.4 Å². The van der Waals surface area contributed by atoms with E-state index in [0.29, 0.717) is 11.4 Å². The minimum Gasteiger partial charge on any atom is -0.495 e. The average molecular weight is 481 g/mol. The van der Waals surface area contributed by atoms with Crippen molar-refractivity contribution >= 4 is 21.6 Å². The zero-order valence-electron chi connectivity index (χ0n) is 20.5. The van der Waals surface area contributed by atoms with Gasteiger partial charge in [-0.3, -0.25) is 9.10 Å². The van der Waals surface area contributed by atoms with E-state index in [0.717, 1.165) is 26.6 Å². The second-order valence-electron chi connectivity index (χ2n) is 8.58. The highest BCUT2D eigenvalue weighted by molar-refractivity contribution is 7.92. The third-order valence-electron chi connectivity index (χ3n) is 5.98. The van der Waals surface area contributed by atoms with Gasteiger partial charge in [-0.25, -0.2) is 8.42 Å². The Morgan fingerprint density at radius 3 is 2.21 bits per heavy atom. The van der Waals surface area contributed by atoms with Crippen LogP contribution in [0.3, 0.4) is 0 Å². The largest absolute Gasteiger partial charge is 0.495 e. The lowest BCUT2D eigenvalue weighted by Crippen LogP contribution is -2.41. The van der Waals surface area contributed by atoms with Crippen molar-refractivity contribution in [2.75, 3.05) is 18.0 Å². The van der Waals surface area contributed by atoms with Crippen LogP contribution in [0.2, 0.25) is 0 Å². The van der Waals surface area contributed by atoms with Crippen molar-refractivity contribution in [2.45, 2.75) is 45.6 Å². The molecule has 0 saturated heterocycles. The van der Waals surface area contributed by atoms with Crippen molar-refractivity contribution in [1.29, 1.82) is 0 Å². The lowest BCUT2D eigenvalue weighted by Gasteiger charge is -2.27. The number of aryl methyl sites for hydroxylation is 4. The van der Waals surface area contributed by atoms with Crippen molar-refractivity contribution in [2.24, 2.45) is 0 Å². The first-order valence-electron chi connectivity index (χ1n) is 11.1. The summed E-state index contributed by atoms with van der Waals surface area (Å²) in [7, 11) is -2.55. The van der Waals surface area contributed by atoms with Gasteiger partial charge in [0.15, 0.2) is 0 Å². The minimum atomic E-state index is -4.03. The first-order valence-corrected chi connectivity index (χ1v) is 12.6. The number of anilines is 1. The molecule has 0 spiro atoms. The molecule has 1 N–H and O–H groups in total. The van der Waals surface area contributed by atoms with Crippen LogP contribution in [0.15, 0.2) is 65.6 Å². The molecule has 0 aromatic heterocycles. The normalized spacial score (nSPS) is 12.2. The van der Waals surface area contributed by atoms with Crippen molar-refractivity contribution in [3.63, 3.8) is 0 Å². The monoisotopic (exact) mass is 480 g/mol. The van der Waals surface area contributed by atoms with Crippen LogP contribution in [0.4, 0.5) is 5.69 Å². The Morgan fingerprint density at radius 1 is 0.941 bits per heavy atom. The number of hydrogen-bond acceptors (Lipinski definition) is 4. The van der Waals surface area contributed by atoms with Gasteiger partial charge < -0.3 is 10.1 Å². The molecule has 3 rings (SSSR count). The summed E-state index contributed by atoms with van der Waals surface area (Å²) in [5, 5.41) is 2.97. The molecule has 3 aromatic rings. The molecule has 0 fully saturated rings. The standard InChI is InChI=1S/C27H32N2O4S/c1-18-11-13-23(14-12-18)34(31,32)29(25-9-7-8-10-26(25)33-6)17-27(30)28-22(5)24-16-20(3)19(2)15-21(24)4/h7-16,22H,17H2,1-6H3,(H,28,30)/t22-/m0/s1. The number of rotatable bonds is 8. The molecule has 3 aromatic carbocycles. The number of methoxy groups -OCH3 is 1. The lowest BCUT2D eigenvalue weighted by molar-refractivity contribution is -0.120. The smallest absolute Gasteiger partial charge is 0.264 e. The summed E-state index contributed by atoms with van der Waals surface area (Å²) in [6.45, 7) is 9.49. The van der Waals surface area contributed by atoms with Gasteiger partial charge in [-0.1, -0.05) is 42.0 Å². The number of hydrogen-bond donors (Lipinski definition) is 1. The molecule has 0 heterocycles. The quantitative estimate of drug-likeness (QED) is 0.492. The zero-order valence-corrected chi connectivity index (χ0v) is 21.4. The molecule has 180 valence electrons. The maximum Gasteiger partial charge on any atom is 0.264 e. The molecule has 34 heavy (non-hydrogen) atoms. The molecule has 0 aliphatic carbocycles. The second-order valence-corrected chi connectivity index (χ2v) is 10.4. The van der Waals surface area contributed by atoms with Crippen LogP contribution in [0.5, 0.6) is 5.75 Å². The summed E-state index contributed by atoms with van der Waals surface area (Å²) in [4.78, 5) is 13.3. The van der Waals surface area contributed by atoms with Gasteiger partial charge in [0.05, 0.1) is 23.7 Å². The summed E-state index contributed by atoms with van der Waals surface area (Å²) in [5.41, 5.74) is 5.64. The highest BCUT2D eigenvalue weighted by Gasteiger charge is 2.29. The van der Waals surface area contributed by atoms with E-state index in [1.165, 1.54) is 12.7 Å². The van der Waals surface area contributed by atoms with Crippen LogP contribution in [0.25, 0.3) is 0 Å². The number of benzene rings is 3.